The number of anilines is 1. The Morgan fingerprint density at radius 2 is 2.05 bits per heavy atom. The molecule has 0 bridgehead atoms. The van der Waals surface area contributed by atoms with Gasteiger partial charge in [0.15, 0.2) is 17.2 Å². The summed E-state index contributed by atoms with van der Waals surface area (Å²) in [6.45, 7) is 5.53. The van der Waals surface area contributed by atoms with Crippen molar-refractivity contribution < 1.29 is 19.0 Å². The predicted octanol–water partition coefficient (Wildman–Crippen LogP) is 5.43. The van der Waals surface area contributed by atoms with Crippen LogP contribution in [0.4, 0.5) is 10.1 Å². The van der Waals surface area contributed by atoms with Gasteiger partial charge in [0.25, 0.3) is 5.91 Å². The van der Waals surface area contributed by atoms with E-state index in [0.29, 0.717) is 27.5 Å². The normalized spacial score (nSPS) is 13.5. The fourth-order valence-corrected chi connectivity index (χ4v) is 4.54. The minimum atomic E-state index is -0.983. The smallest absolute Gasteiger partial charge is 0.251 e. The number of nitrogens with zero attached hydrogens (tertiary/aromatic N) is 3. The van der Waals surface area contributed by atoms with Gasteiger partial charge in [-0.05, 0) is 69.7 Å². The quantitative estimate of drug-likeness (QED) is 0.246. The third kappa shape index (κ3) is 5.61. The van der Waals surface area contributed by atoms with Crippen LogP contribution in [-0.2, 0) is 0 Å². The van der Waals surface area contributed by atoms with Crippen molar-refractivity contribution in [2.45, 2.75) is 50.2 Å². The van der Waals surface area contributed by atoms with Gasteiger partial charge in [0.2, 0.25) is 5.88 Å². The van der Waals surface area contributed by atoms with E-state index in [2.05, 4.69) is 20.7 Å². The minimum absolute atomic E-state index is 0.0562. The van der Waals surface area contributed by atoms with Crippen molar-refractivity contribution in [3.63, 3.8) is 0 Å². The fraction of sp³-hybridized carbons (Fsp3) is 0.321. The molecule has 1 aliphatic carbocycles. The lowest BCUT2D eigenvalue weighted by Crippen LogP contribution is -2.29. The molecular weight excluding hydrogens is 505 g/mol. The van der Waals surface area contributed by atoms with E-state index in [0.717, 1.165) is 24.0 Å². The first-order chi connectivity index (χ1) is 18.1. The van der Waals surface area contributed by atoms with Gasteiger partial charge in [-0.15, -0.1) is 16.9 Å². The molecule has 1 aliphatic rings. The molecule has 0 radical (unpaired) electrons. The monoisotopic (exact) mass is 535 g/mol. The molecule has 0 spiro atoms. The van der Waals surface area contributed by atoms with E-state index < -0.39 is 11.4 Å². The maximum Gasteiger partial charge on any atom is 0.251 e. The molecule has 2 heterocycles. The number of ether oxygens (including phenoxy) is 1. The Morgan fingerprint density at radius 1 is 1.26 bits per heavy atom. The van der Waals surface area contributed by atoms with Gasteiger partial charge in [0.05, 0.1) is 23.2 Å². The number of benzene rings is 2. The molecule has 10 heteroatoms. The highest BCUT2D eigenvalue weighted by Crippen LogP contribution is 2.33. The van der Waals surface area contributed by atoms with Crippen LogP contribution in [0.15, 0.2) is 53.6 Å². The van der Waals surface area contributed by atoms with Crippen LogP contribution in [0.5, 0.6) is 11.6 Å². The summed E-state index contributed by atoms with van der Waals surface area (Å²) in [6, 6.07) is 12.5. The Kier molecular flexibility index (Phi) is 7.02. The summed E-state index contributed by atoms with van der Waals surface area (Å²) in [5, 5.41) is 21.1. The second-order valence-corrected chi connectivity index (χ2v) is 10.9. The number of thioether (sulfide) groups is 1. The number of hydrogen-bond donors (Lipinski definition) is 3. The van der Waals surface area contributed by atoms with E-state index in [-0.39, 0.29) is 30.1 Å². The Balaban J connectivity index is 1.55. The highest BCUT2D eigenvalue weighted by Gasteiger charge is 2.25. The summed E-state index contributed by atoms with van der Waals surface area (Å²) in [4.78, 5) is 17.6. The molecule has 3 N–H and O–H groups in total. The van der Waals surface area contributed by atoms with Crippen molar-refractivity contribution >= 4 is 29.0 Å². The molecule has 5 rings (SSSR count). The zero-order chi connectivity index (χ0) is 27.0. The lowest BCUT2D eigenvalue weighted by atomic mass is 10.0. The molecular formula is C28H30FN5O3S. The van der Waals surface area contributed by atoms with Crippen molar-refractivity contribution in [3.8, 4) is 22.9 Å². The van der Waals surface area contributed by atoms with Gasteiger partial charge in [0, 0.05) is 34.7 Å². The number of nitrogens with one attached hydrogen (secondary N) is 2. The van der Waals surface area contributed by atoms with E-state index in [1.165, 1.54) is 11.8 Å². The van der Waals surface area contributed by atoms with E-state index in [9.17, 15) is 14.3 Å². The number of aliphatic hydroxyl groups is 1. The van der Waals surface area contributed by atoms with Gasteiger partial charge in [-0.1, -0.05) is 12.1 Å². The van der Waals surface area contributed by atoms with Crippen LogP contribution in [0, 0.1) is 12.7 Å². The molecule has 0 aliphatic heterocycles. The Hall–Kier alpha value is -3.63. The highest BCUT2D eigenvalue weighted by atomic mass is 32.2. The van der Waals surface area contributed by atoms with Gasteiger partial charge < -0.3 is 20.5 Å². The van der Waals surface area contributed by atoms with Crippen LogP contribution in [0.25, 0.3) is 16.9 Å². The van der Waals surface area contributed by atoms with Crippen molar-refractivity contribution in [2.24, 2.45) is 0 Å². The highest BCUT2D eigenvalue weighted by molar-refractivity contribution is 7.98. The molecule has 0 unspecified atom stereocenters. The molecule has 8 nitrogen and oxygen atoms in total. The standard InChI is InChI=1S/C28H30FN5O3S/c1-16-12-17(8-11-19(16)27(35)32-18-9-10-18)21-14-30-26-20(31-15-28(2,3)36)13-24(33-34(21)26)37-22-6-5-7-23(38-4)25(22)29/h5-8,11-14,18,31,36H,9-10,15H2,1-4H3,(H,32,35). The maximum absolute atomic E-state index is 14.9. The van der Waals surface area contributed by atoms with Crippen LogP contribution in [0.2, 0.25) is 0 Å². The largest absolute Gasteiger partial charge is 0.434 e. The third-order valence-corrected chi connectivity index (χ3v) is 6.95. The Bertz CT molecular complexity index is 1510. The molecule has 2 aromatic carbocycles. The average molecular weight is 536 g/mol. The number of hydrogen-bond acceptors (Lipinski definition) is 7. The molecule has 38 heavy (non-hydrogen) atoms. The number of carbonyl (C=O) groups is 1. The van der Waals surface area contributed by atoms with Crippen molar-refractivity contribution in [3.05, 3.63) is 65.6 Å². The topological polar surface area (TPSA) is 101 Å². The van der Waals surface area contributed by atoms with E-state index >= 15 is 0 Å². The SMILES string of the molecule is CSc1cccc(Oc2cc(NCC(C)(C)O)c3ncc(-c4ccc(C(=O)NC5CC5)c(C)c4)n3n2)c1F. The second kappa shape index (κ2) is 10.3. The van der Waals surface area contributed by atoms with Gasteiger partial charge in [-0.2, -0.15) is 0 Å². The lowest BCUT2D eigenvalue weighted by Gasteiger charge is -2.19. The predicted molar refractivity (Wildman–Crippen MR) is 147 cm³/mol. The summed E-state index contributed by atoms with van der Waals surface area (Å²) in [6.07, 6.45) is 5.53. The molecule has 1 fully saturated rings. The van der Waals surface area contributed by atoms with Gasteiger partial charge in [-0.3, -0.25) is 4.79 Å². The van der Waals surface area contributed by atoms with Crippen molar-refractivity contribution in [1.29, 1.82) is 0 Å². The molecule has 1 saturated carbocycles. The van der Waals surface area contributed by atoms with Gasteiger partial charge in [0.1, 0.15) is 0 Å². The zero-order valence-electron chi connectivity index (χ0n) is 21.7. The summed E-state index contributed by atoms with van der Waals surface area (Å²) in [7, 11) is 0. The number of rotatable bonds is 9. The van der Waals surface area contributed by atoms with Crippen molar-refractivity contribution in [2.75, 3.05) is 18.1 Å². The summed E-state index contributed by atoms with van der Waals surface area (Å²) in [5.41, 5.74) is 3.05. The van der Waals surface area contributed by atoms with Crippen LogP contribution in [0.3, 0.4) is 0 Å². The second-order valence-electron chi connectivity index (χ2n) is 10.1. The first kappa shape index (κ1) is 26.0. The van der Waals surface area contributed by atoms with Crippen LogP contribution in [-0.4, -0.2) is 50.1 Å². The van der Waals surface area contributed by atoms with Gasteiger partial charge >= 0.3 is 0 Å². The molecule has 0 atom stereocenters. The van der Waals surface area contributed by atoms with Crippen LogP contribution >= 0.6 is 11.8 Å². The van der Waals surface area contributed by atoms with Gasteiger partial charge in [-0.25, -0.2) is 13.9 Å². The first-order valence-corrected chi connectivity index (χ1v) is 13.6. The fourth-order valence-electron chi connectivity index (χ4n) is 4.04. The number of fused-ring (bicyclic) bond motifs is 1. The number of halogens is 1. The number of imidazole rings is 1. The van der Waals surface area contributed by atoms with E-state index in [1.54, 1.807) is 61.1 Å². The summed E-state index contributed by atoms with van der Waals surface area (Å²) < 4.78 is 22.4. The minimum Gasteiger partial charge on any atom is -0.434 e. The summed E-state index contributed by atoms with van der Waals surface area (Å²) >= 11 is 1.29. The molecule has 4 aromatic rings. The van der Waals surface area contributed by atoms with Crippen molar-refractivity contribution in [1.82, 2.24) is 19.9 Å². The number of amides is 1. The Labute approximate surface area is 224 Å². The summed E-state index contributed by atoms with van der Waals surface area (Å²) in [5.74, 6) is -0.324. The van der Waals surface area contributed by atoms with E-state index in [1.807, 2.05) is 19.1 Å². The zero-order valence-corrected chi connectivity index (χ0v) is 22.5. The number of aromatic nitrogens is 3. The van der Waals surface area contributed by atoms with Crippen LogP contribution in [0.1, 0.15) is 42.6 Å². The molecule has 2 aromatic heterocycles. The maximum atomic E-state index is 14.9. The molecule has 1 amide bonds. The molecule has 198 valence electrons. The van der Waals surface area contributed by atoms with Crippen LogP contribution < -0.4 is 15.4 Å². The number of aryl methyl sites for hydroxylation is 1. The van der Waals surface area contributed by atoms with E-state index in [4.69, 9.17) is 4.74 Å². The Morgan fingerprint density at radius 3 is 2.74 bits per heavy atom. The lowest BCUT2D eigenvalue weighted by molar-refractivity contribution is 0.0940. The number of carbonyl (C=O) groups excluding carboxylic acids is 1. The molecule has 0 saturated heterocycles. The average Bonchev–Trinajstić information content (AvgIpc) is 3.58. The first-order valence-electron chi connectivity index (χ1n) is 12.4. The third-order valence-electron chi connectivity index (χ3n) is 6.20.